The molecule has 1 saturated carbocycles. The molecule has 28 heavy (non-hydrogen) atoms. The van der Waals surface area contributed by atoms with Crippen LogP contribution in [0.15, 0.2) is 35.2 Å². The fourth-order valence-electron chi connectivity index (χ4n) is 4.04. The van der Waals surface area contributed by atoms with Gasteiger partial charge in [0, 0.05) is 34.0 Å². The Balaban J connectivity index is 1.77. The Labute approximate surface area is 165 Å². The standard InChI is InChI=1S/C20H20N6OS/c21-13-2-4-14(5-3-13)26-18-15(17(25-26)19(22)27)6-1-11-9-23-20(24-16(11)18)12-7-8-28-10-12/h1,6-10,13-14H,2-5,21H2,(H2,22,27). The summed E-state index contributed by atoms with van der Waals surface area (Å²) < 4.78 is 1.95. The van der Waals surface area contributed by atoms with Gasteiger partial charge in [-0.1, -0.05) is 6.07 Å². The van der Waals surface area contributed by atoms with Crippen molar-refractivity contribution in [2.75, 3.05) is 0 Å². The molecule has 7 nitrogen and oxygen atoms in total. The molecule has 0 atom stereocenters. The van der Waals surface area contributed by atoms with E-state index in [4.69, 9.17) is 16.5 Å². The molecule has 0 spiro atoms. The Morgan fingerprint density at radius 3 is 2.71 bits per heavy atom. The summed E-state index contributed by atoms with van der Waals surface area (Å²) in [7, 11) is 0. The number of thiophene rings is 1. The third-order valence-corrected chi connectivity index (χ3v) is 6.20. The molecule has 8 heteroatoms. The predicted octanol–water partition coefficient (Wildman–Crippen LogP) is 3.25. The van der Waals surface area contributed by atoms with Crippen molar-refractivity contribution in [1.82, 2.24) is 19.7 Å². The first kappa shape index (κ1) is 17.3. The lowest BCUT2D eigenvalue weighted by Gasteiger charge is -2.27. The molecule has 1 aromatic carbocycles. The summed E-state index contributed by atoms with van der Waals surface area (Å²) in [6.45, 7) is 0. The Kier molecular flexibility index (Phi) is 4.10. The normalized spacial score (nSPS) is 20.0. The highest BCUT2D eigenvalue weighted by Gasteiger charge is 2.26. The molecule has 1 fully saturated rings. The first-order chi connectivity index (χ1) is 13.6. The molecule has 1 amide bonds. The molecule has 4 aromatic rings. The van der Waals surface area contributed by atoms with Crippen LogP contribution < -0.4 is 11.5 Å². The SMILES string of the molecule is NC(=O)c1nn(C2CCC(N)CC2)c2c1ccc1cnc(-c3ccsc3)nc12. The molecular weight excluding hydrogens is 372 g/mol. The first-order valence-electron chi connectivity index (χ1n) is 9.38. The molecule has 0 aliphatic heterocycles. The van der Waals surface area contributed by atoms with Crippen LogP contribution in [0.1, 0.15) is 42.2 Å². The fourth-order valence-corrected chi connectivity index (χ4v) is 4.67. The lowest BCUT2D eigenvalue weighted by atomic mass is 9.92. The van der Waals surface area contributed by atoms with Crippen molar-refractivity contribution in [2.45, 2.75) is 37.8 Å². The van der Waals surface area contributed by atoms with Gasteiger partial charge in [-0.3, -0.25) is 9.48 Å². The summed E-state index contributed by atoms with van der Waals surface area (Å²) in [6.07, 6.45) is 5.56. The molecule has 1 aliphatic rings. The van der Waals surface area contributed by atoms with E-state index in [9.17, 15) is 4.79 Å². The zero-order valence-corrected chi connectivity index (χ0v) is 16.0. The van der Waals surface area contributed by atoms with Gasteiger partial charge in [-0.25, -0.2) is 9.97 Å². The number of benzene rings is 1. The second-order valence-corrected chi connectivity index (χ2v) is 8.11. The molecular formula is C20H20N6OS. The summed E-state index contributed by atoms with van der Waals surface area (Å²) in [5.74, 6) is 0.142. The van der Waals surface area contributed by atoms with Gasteiger partial charge >= 0.3 is 0 Å². The summed E-state index contributed by atoms with van der Waals surface area (Å²) >= 11 is 1.61. The number of aromatic nitrogens is 4. The highest BCUT2D eigenvalue weighted by molar-refractivity contribution is 7.08. The molecule has 0 unspecified atom stereocenters. The Hall–Kier alpha value is -2.84. The van der Waals surface area contributed by atoms with Crippen LogP contribution in [0.4, 0.5) is 0 Å². The van der Waals surface area contributed by atoms with Gasteiger partial charge < -0.3 is 11.5 Å². The lowest BCUT2D eigenvalue weighted by molar-refractivity contribution is 0.0995. The van der Waals surface area contributed by atoms with E-state index in [1.807, 2.05) is 39.8 Å². The van der Waals surface area contributed by atoms with Crippen molar-refractivity contribution in [3.63, 3.8) is 0 Å². The number of fused-ring (bicyclic) bond motifs is 3. The van der Waals surface area contributed by atoms with Crippen LogP contribution in [-0.2, 0) is 0 Å². The minimum Gasteiger partial charge on any atom is -0.364 e. The smallest absolute Gasteiger partial charge is 0.269 e. The average molecular weight is 392 g/mol. The van der Waals surface area contributed by atoms with Crippen molar-refractivity contribution in [2.24, 2.45) is 11.5 Å². The van der Waals surface area contributed by atoms with Crippen LogP contribution in [0.3, 0.4) is 0 Å². The van der Waals surface area contributed by atoms with E-state index in [-0.39, 0.29) is 12.1 Å². The van der Waals surface area contributed by atoms with E-state index < -0.39 is 5.91 Å². The van der Waals surface area contributed by atoms with Gasteiger partial charge in [0.25, 0.3) is 5.91 Å². The van der Waals surface area contributed by atoms with E-state index in [0.717, 1.165) is 53.1 Å². The topological polar surface area (TPSA) is 113 Å². The zero-order valence-electron chi connectivity index (χ0n) is 15.2. The van der Waals surface area contributed by atoms with Crippen molar-refractivity contribution in [3.8, 4) is 11.4 Å². The van der Waals surface area contributed by atoms with Crippen LogP contribution in [-0.4, -0.2) is 31.7 Å². The number of carbonyl (C=O) groups excluding carboxylic acids is 1. The number of amides is 1. The third kappa shape index (κ3) is 2.76. The van der Waals surface area contributed by atoms with Crippen molar-refractivity contribution < 1.29 is 4.79 Å². The van der Waals surface area contributed by atoms with Crippen LogP contribution in [0.5, 0.6) is 0 Å². The summed E-state index contributed by atoms with van der Waals surface area (Å²) in [5.41, 5.74) is 14.6. The molecule has 0 bridgehead atoms. The zero-order chi connectivity index (χ0) is 19.3. The molecule has 1 aliphatic carbocycles. The molecule has 5 rings (SSSR count). The maximum Gasteiger partial charge on any atom is 0.269 e. The van der Waals surface area contributed by atoms with Gasteiger partial charge in [0.1, 0.15) is 5.52 Å². The van der Waals surface area contributed by atoms with Gasteiger partial charge in [-0.2, -0.15) is 16.4 Å². The highest BCUT2D eigenvalue weighted by Crippen LogP contribution is 2.34. The summed E-state index contributed by atoms with van der Waals surface area (Å²) in [6, 6.07) is 6.23. The monoisotopic (exact) mass is 392 g/mol. The van der Waals surface area contributed by atoms with E-state index in [1.54, 1.807) is 11.3 Å². The second kappa shape index (κ2) is 6.65. The Morgan fingerprint density at radius 1 is 1.18 bits per heavy atom. The van der Waals surface area contributed by atoms with Crippen molar-refractivity contribution >= 4 is 39.0 Å². The lowest BCUT2D eigenvalue weighted by Crippen LogP contribution is -2.28. The maximum absolute atomic E-state index is 12.0. The van der Waals surface area contributed by atoms with E-state index in [0.29, 0.717) is 11.5 Å². The Bertz CT molecular complexity index is 1170. The minimum atomic E-state index is -0.525. The van der Waals surface area contributed by atoms with Crippen molar-refractivity contribution in [3.05, 3.63) is 40.8 Å². The predicted molar refractivity (Wildman–Crippen MR) is 110 cm³/mol. The highest BCUT2D eigenvalue weighted by atomic mass is 32.1. The number of nitrogens with two attached hydrogens (primary N) is 2. The van der Waals surface area contributed by atoms with Gasteiger partial charge in [0.15, 0.2) is 11.5 Å². The largest absolute Gasteiger partial charge is 0.364 e. The van der Waals surface area contributed by atoms with Crippen LogP contribution in [0.25, 0.3) is 33.2 Å². The number of hydrogen-bond acceptors (Lipinski definition) is 6. The molecule has 3 heterocycles. The van der Waals surface area contributed by atoms with Crippen LogP contribution in [0.2, 0.25) is 0 Å². The number of nitrogens with zero attached hydrogens (tertiary/aromatic N) is 4. The van der Waals surface area contributed by atoms with E-state index >= 15 is 0 Å². The number of carbonyl (C=O) groups is 1. The minimum absolute atomic E-state index is 0.181. The molecule has 0 saturated heterocycles. The Morgan fingerprint density at radius 2 is 2.00 bits per heavy atom. The third-order valence-electron chi connectivity index (χ3n) is 5.52. The second-order valence-electron chi connectivity index (χ2n) is 7.33. The fraction of sp³-hybridized carbons (Fsp3) is 0.300. The first-order valence-corrected chi connectivity index (χ1v) is 10.3. The number of rotatable bonds is 3. The van der Waals surface area contributed by atoms with Crippen LogP contribution in [0, 0.1) is 0 Å². The molecule has 142 valence electrons. The quantitative estimate of drug-likeness (QED) is 0.556. The molecule has 4 N–H and O–H groups in total. The van der Waals surface area contributed by atoms with Gasteiger partial charge in [0.2, 0.25) is 0 Å². The van der Waals surface area contributed by atoms with Gasteiger partial charge in [-0.05, 0) is 43.2 Å². The number of primary amides is 1. The average Bonchev–Trinajstić information content (AvgIpc) is 3.36. The molecule has 0 radical (unpaired) electrons. The maximum atomic E-state index is 12.0. The molecule has 3 aromatic heterocycles. The van der Waals surface area contributed by atoms with Gasteiger partial charge in [-0.15, -0.1) is 0 Å². The van der Waals surface area contributed by atoms with Crippen LogP contribution >= 0.6 is 11.3 Å². The summed E-state index contributed by atoms with van der Waals surface area (Å²) in [4.78, 5) is 21.4. The summed E-state index contributed by atoms with van der Waals surface area (Å²) in [5, 5.41) is 10.3. The van der Waals surface area contributed by atoms with E-state index in [1.165, 1.54) is 0 Å². The van der Waals surface area contributed by atoms with Crippen molar-refractivity contribution in [1.29, 1.82) is 0 Å². The van der Waals surface area contributed by atoms with Gasteiger partial charge in [0.05, 0.1) is 11.6 Å². The van der Waals surface area contributed by atoms with E-state index in [2.05, 4.69) is 10.1 Å². The number of hydrogen-bond donors (Lipinski definition) is 2.